The van der Waals surface area contributed by atoms with E-state index in [1.54, 1.807) is 0 Å². The van der Waals surface area contributed by atoms with Gasteiger partial charge < -0.3 is 10.2 Å². The molecule has 0 aromatic heterocycles. The van der Waals surface area contributed by atoms with Crippen LogP contribution in [0.3, 0.4) is 0 Å². The van der Waals surface area contributed by atoms with Crippen LogP contribution in [0.25, 0.3) is 17.2 Å². The van der Waals surface area contributed by atoms with Gasteiger partial charge in [-0.25, -0.2) is 0 Å². The van der Waals surface area contributed by atoms with Crippen molar-refractivity contribution >= 4 is 11.8 Å². The normalized spacial score (nSPS) is 14.6. The highest BCUT2D eigenvalue weighted by molar-refractivity contribution is 6.24. The van der Waals surface area contributed by atoms with E-state index in [0.29, 0.717) is 6.04 Å². The minimum absolute atomic E-state index is 0.313. The molecular weight excluding hydrogens is 356 g/mol. The lowest BCUT2D eigenvalue weighted by molar-refractivity contribution is 0.00121. The van der Waals surface area contributed by atoms with Crippen LogP contribution in [0.2, 0.25) is 0 Å². The quantitative estimate of drug-likeness (QED) is 0.356. The van der Waals surface area contributed by atoms with Gasteiger partial charge >= 0.3 is 0 Å². The van der Waals surface area contributed by atoms with Crippen LogP contribution >= 0.6 is 0 Å². The van der Waals surface area contributed by atoms with Gasteiger partial charge in [-0.3, -0.25) is 0 Å². The van der Waals surface area contributed by atoms with Crippen LogP contribution in [0.1, 0.15) is 70.6 Å². The number of nitrogens with one attached hydrogen (secondary N) is 1. The molecule has 0 spiro atoms. The van der Waals surface area contributed by atoms with Crippen LogP contribution in [0.5, 0.6) is 0 Å². The highest BCUT2D eigenvalue weighted by Gasteiger charge is 2.26. The Kier molecular flexibility index (Phi) is 6.92. The first-order chi connectivity index (χ1) is 13.8. The molecule has 1 aliphatic rings. The van der Waals surface area contributed by atoms with E-state index in [-0.39, 0.29) is 5.60 Å². The number of hydrogen-bond donors (Lipinski definition) is 1. The first-order valence-electron chi connectivity index (χ1n) is 10.8. The van der Waals surface area contributed by atoms with Crippen molar-refractivity contribution in [2.24, 2.45) is 5.16 Å². The molecule has 0 saturated heterocycles. The van der Waals surface area contributed by atoms with Gasteiger partial charge in [-0.2, -0.15) is 0 Å². The smallest absolute Gasteiger partial charge is 0.129 e. The van der Waals surface area contributed by atoms with Crippen molar-refractivity contribution in [2.75, 3.05) is 6.54 Å². The molecule has 154 valence electrons. The second kappa shape index (κ2) is 9.41. The molecule has 0 heterocycles. The monoisotopic (exact) mass is 390 g/mol. The van der Waals surface area contributed by atoms with Gasteiger partial charge in [0.2, 0.25) is 0 Å². The van der Waals surface area contributed by atoms with Gasteiger partial charge in [0.05, 0.1) is 0 Å². The van der Waals surface area contributed by atoms with Crippen molar-refractivity contribution in [3.8, 4) is 11.1 Å². The second-order valence-corrected chi connectivity index (χ2v) is 9.00. The van der Waals surface area contributed by atoms with E-state index in [4.69, 9.17) is 4.84 Å². The molecule has 0 amide bonds. The Morgan fingerprint density at radius 3 is 2.41 bits per heavy atom. The van der Waals surface area contributed by atoms with Crippen molar-refractivity contribution in [1.82, 2.24) is 5.32 Å². The molecule has 2 aromatic carbocycles. The molecule has 1 aliphatic carbocycles. The fourth-order valence-electron chi connectivity index (χ4n) is 3.44. The zero-order valence-corrected chi connectivity index (χ0v) is 18.5. The van der Waals surface area contributed by atoms with Crippen molar-refractivity contribution in [3.05, 3.63) is 65.2 Å². The van der Waals surface area contributed by atoms with Crippen LogP contribution in [0.15, 0.2) is 53.7 Å². The van der Waals surface area contributed by atoms with Gasteiger partial charge in [-0.15, -0.1) is 0 Å². The van der Waals surface area contributed by atoms with Crippen LogP contribution in [0, 0.1) is 0 Å². The fourth-order valence-corrected chi connectivity index (χ4v) is 3.44. The van der Waals surface area contributed by atoms with E-state index in [1.807, 2.05) is 20.8 Å². The molecule has 3 nitrogen and oxygen atoms in total. The predicted molar refractivity (Wildman–Crippen MR) is 124 cm³/mol. The maximum absolute atomic E-state index is 5.78. The fraction of sp³-hybridized carbons (Fsp3) is 0.423. The van der Waals surface area contributed by atoms with E-state index in [1.165, 1.54) is 29.5 Å². The number of unbranched alkanes of at least 4 members (excludes halogenated alkanes) is 2. The molecule has 2 aromatic rings. The van der Waals surface area contributed by atoms with E-state index < -0.39 is 0 Å². The number of hydrogen-bond acceptors (Lipinski definition) is 3. The molecule has 0 radical (unpaired) electrons. The molecular formula is C26H34N2O. The highest BCUT2D eigenvalue weighted by atomic mass is 16.6. The van der Waals surface area contributed by atoms with E-state index >= 15 is 0 Å². The zero-order chi connectivity index (χ0) is 20.9. The summed E-state index contributed by atoms with van der Waals surface area (Å²) in [5.74, 6) is 0. The Labute approximate surface area is 175 Å². The number of fused-ring (bicyclic) bond motifs is 3. The summed E-state index contributed by atoms with van der Waals surface area (Å²) in [7, 11) is 0. The molecule has 0 unspecified atom stereocenters. The lowest BCUT2D eigenvalue weighted by Crippen LogP contribution is -2.23. The van der Waals surface area contributed by atoms with Crippen molar-refractivity contribution in [3.63, 3.8) is 0 Å². The van der Waals surface area contributed by atoms with Crippen LogP contribution in [-0.2, 0) is 4.84 Å². The molecule has 0 saturated carbocycles. The van der Waals surface area contributed by atoms with Gasteiger partial charge in [-0.1, -0.05) is 67.6 Å². The Morgan fingerprint density at radius 1 is 0.966 bits per heavy atom. The van der Waals surface area contributed by atoms with Crippen molar-refractivity contribution in [1.29, 1.82) is 0 Å². The minimum atomic E-state index is -0.313. The van der Waals surface area contributed by atoms with Gasteiger partial charge in [-0.05, 0) is 69.3 Å². The standard InChI is InChI=1S/C26H34N2O/c1-19(2)27-17-11-7-6-8-12-20-15-16-22-21-13-9-10-14-23(21)25(24(22)18-20)28-29-26(3,4)5/h8-10,12-16,18-19,27H,6-7,11,17H2,1-5H3/b12-8+,28-25-. The molecule has 0 aliphatic heterocycles. The van der Waals surface area contributed by atoms with Gasteiger partial charge in [0.25, 0.3) is 0 Å². The van der Waals surface area contributed by atoms with Gasteiger partial charge in [0.15, 0.2) is 0 Å². The number of benzene rings is 2. The van der Waals surface area contributed by atoms with Crippen LogP contribution in [0.4, 0.5) is 0 Å². The molecule has 29 heavy (non-hydrogen) atoms. The molecule has 0 fully saturated rings. The van der Waals surface area contributed by atoms with Gasteiger partial charge in [0, 0.05) is 17.2 Å². The topological polar surface area (TPSA) is 33.6 Å². The van der Waals surface area contributed by atoms with E-state index in [9.17, 15) is 0 Å². The average Bonchev–Trinajstić information content (AvgIpc) is 2.98. The summed E-state index contributed by atoms with van der Waals surface area (Å²) in [6, 6.07) is 15.6. The predicted octanol–water partition coefficient (Wildman–Crippen LogP) is 6.42. The first kappa shape index (κ1) is 21.3. The Morgan fingerprint density at radius 2 is 1.69 bits per heavy atom. The van der Waals surface area contributed by atoms with E-state index in [2.05, 4.69) is 78.9 Å². The third-order valence-corrected chi connectivity index (χ3v) is 4.84. The van der Waals surface area contributed by atoms with Crippen molar-refractivity contribution in [2.45, 2.75) is 65.5 Å². The lowest BCUT2D eigenvalue weighted by atomic mass is 10.0. The summed E-state index contributed by atoms with van der Waals surface area (Å²) >= 11 is 0. The molecule has 3 rings (SSSR count). The maximum atomic E-state index is 5.78. The number of allylic oxidation sites excluding steroid dienone is 1. The van der Waals surface area contributed by atoms with E-state index in [0.717, 1.165) is 29.8 Å². The zero-order valence-electron chi connectivity index (χ0n) is 18.5. The SMILES string of the molecule is CC(C)NCCCC/C=C/c1ccc2c(c1)/C(=N\OC(C)(C)C)c1ccccc1-2. The summed E-state index contributed by atoms with van der Waals surface area (Å²) in [6.07, 6.45) is 8.02. The molecule has 1 N–H and O–H groups in total. The maximum Gasteiger partial charge on any atom is 0.129 e. The van der Waals surface area contributed by atoms with Crippen LogP contribution < -0.4 is 5.32 Å². The average molecular weight is 391 g/mol. The Balaban J connectivity index is 1.74. The van der Waals surface area contributed by atoms with Crippen molar-refractivity contribution < 1.29 is 4.84 Å². The number of rotatable bonds is 8. The summed E-state index contributed by atoms with van der Waals surface area (Å²) in [5, 5.41) is 8.02. The summed E-state index contributed by atoms with van der Waals surface area (Å²) in [6.45, 7) is 11.5. The highest BCUT2D eigenvalue weighted by Crippen LogP contribution is 2.37. The molecule has 0 atom stereocenters. The molecule has 3 heteroatoms. The molecule has 0 bridgehead atoms. The number of nitrogens with zero attached hydrogens (tertiary/aromatic N) is 1. The lowest BCUT2D eigenvalue weighted by Gasteiger charge is -2.16. The Bertz CT molecular complexity index is 888. The summed E-state index contributed by atoms with van der Waals surface area (Å²) < 4.78 is 0. The third-order valence-electron chi connectivity index (χ3n) is 4.84. The largest absolute Gasteiger partial charge is 0.390 e. The Hall–Kier alpha value is -2.39. The third kappa shape index (κ3) is 5.80. The summed E-state index contributed by atoms with van der Waals surface area (Å²) in [5.41, 5.74) is 6.58. The minimum Gasteiger partial charge on any atom is -0.390 e. The van der Waals surface area contributed by atoms with Crippen LogP contribution in [-0.4, -0.2) is 23.9 Å². The van der Waals surface area contributed by atoms with Gasteiger partial charge in [0.1, 0.15) is 11.3 Å². The summed E-state index contributed by atoms with van der Waals surface area (Å²) in [4.78, 5) is 5.78. The second-order valence-electron chi connectivity index (χ2n) is 9.00. The number of oxime groups is 1. The first-order valence-corrected chi connectivity index (χ1v) is 10.8.